The summed E-state index contributed by atoms with van der Waals surface area (Å²) in [5, 5.41) is 13.2. The Labute approximate surface area is 145 Å². The maximum Gasteiger partial charge on any atom is 0.0574 e. The lowest BCUT2D eigenvalue weighted by Crippen LogP contribution is -2.35. The molecule has 0 amide bonds. The summed E-state index contributed by atoms with van der Waals surface area (Å²) in [6.45, 7) is 7.15. The molecule has 1 atom stereocenters. The maximum atomic E-state index is 9.63. The number of nitrogens with zero attached hydrogens (tertiary/aromatic N) is 1. The smallest absolute Gasteiger partial charge is 0.0574 e. The van der Waals surface area contributed by atoms with Crippen molar-refractivity contribution in [2.24, 2.45) is 0 Å². The predicted molar refractivity (Wildman–Crippen MR) is 100 cm³/mol. The Bertz CT molecular complexity index is 645. The summed E-state index contributed by atoms with van der Waals surface area (Å²) < 4.78 is 0. The maximum absolute atomic E-state index is 9.63. The zero-order chi connectivity index (χ0) is 16.9. The molecule has 1 aliphatic heterocycles. The molecule has 0 bridgehead atoms. The van der Waals surface area contributed by atoms with Gasteiger partial charge in [0.15, 0.2) is 0 Å². The molecule has 0 spiro atoms. The van der Waals surface area contributed by atoms with Crippen molar-refractivity contribution in [3.63, 3.8) is 0 Å². The lowest BCUT2D eigenvalue weighted by molar-refractivity contribution is 0.145. The highest BCUT2D eigenvalue weighted by molar-refractivity contribution is 5.48. The number of aryl methyl sites for hydroxylation is 1. The average molecular weight is 324 g/mol. The number of benzene rings is 2. The summed E-state index contributed by atoms with van der Waals surface area (Å²) in [5.41, 5.74) is 5.26. The van der Waals surface area contributed by atoms with E-state index in [0.717, 1.165) is 32.5 Å². The number of aliphatic hydroxyl groups is 1. The molecule has 0 aromatic heterocycles. The highest BCUT2D eigenvalue weighted by atomic mass is 16.3. The van der Waals surface area contributed by atoms with E-state index >= 15 is 0 Å². The first-order valence-corrected chi connectivity index (χ1v) is 8.94. The highest BCUT2D eigenvalue weighted by Gasteiger charge is 2.17. The van der Waals surface area contributed by atoms with Crippen molar-refractivity contribution in [2.75, 3.05) is 18.0 Å². The number of hydrogen-bond acceptors (Lipinski definition) is 3. The number of hydrogen-bond donors (Lipinski definition) is 2. The van der Waals surface area contributed by atoms with E-state index in [0.29, 0.717) is 6.04 Å². The third-order valence-electron chi connectivity index (χ3n) is 5.08. The minimum absolute atomic E-state index is 0.119. The van der Waals surface area contributed by atoms with Crippen LogP contribution in [0.1, 0.15) is 42.5 Å². The van der Waals surface area contributed by atoms with Gasteiger partial charge < -0.3 is 15.3 Å². The number of nitrogens with one attached hydrogen (secondary N) is 1. The highest BCUT2D eigenvalue weighted by Crippen LogP contribution is 2.23. The van der Waals surface area contributed by atoms with Gasteiger partial charge >= 0.3 is 0 Å². The van der Waals surface area contributed by atoms with E-state index in [1.54, 1.807) is 0 Å². The van der Waals surface area contributed by atoms with E-state index in [1.807, 2.05) is 0 Å². The van der Waals surface area contributed by atoms with Crippen molar-refractivity contribution in [1.29, 1.82) is 0 Å². The van der Waals surface area contributed by atoms with Gasteiger partial charge in [0.1, 0.15) is 0 Å². The fraction of sp³-hybridized carbons (Fsp3) is 0.429. The number of rotatable bonds is 5. The fourth-order valence-corrected chi connectivity index (χ4v) is 3.29. The topological polar surface area (TPSA) is 35.5 Å². The van der Waals surface area contributed by atoms with Crippen molar-refractivity contribution >= 4 is 5.69 Å². The SMILES string of the molecule is Cc1ccccc1CNC(C)c1ccc(N2CCC(O)CC2)cc1. The first-order chi connectivity index (χ1) is 11.6. The Morgan fingerprint density at radius 3 is 2.42 bits per heavy atom. The Hall–Kier alpha value is -1.84. The summed E-state index contributed by atoms with van der Waals surface area (Å²) >= 11 is 0. The zero-order valence-corrected chi connectivity index (χ0v) is 14.7. The first kappa shape index (κ1) is 17.0. The van der Waals surface area contributed by atoms with Gasteiger partial charge in [0, 0.05) is 31.4 Å². The van der Waals surface area contributed by atoms with Crippen LogP contribution in [0.4, 0.5) is 5.69 Å². The van der Waals surface area contributed by atoms with Crippen molar-refractivity contribution in [2.45, 2.75) is 45.4 Å². The average Bonchev–Trinajstić information content (AvgIpc) is 2.62. The molecule has 128 valence electrons. The Kier molecular flexibility index (Phi) is 5.54. The molecule has 3 rings (SSSR count). The molecule has 1 heterocycles. The van der Waals surface area contributed by atoms with E-state index in [-0.39, 0.29) is 6.10 Å². The molecule has 0 radical (unpaired) electrons. The van der Waals surface area contributed by atoms with E-state index in [2.05, 4.69) is 72.6 Å². The molecule has 1 fully saturated rings. The van der Waals surface area contributed by atoms with E-state index in [9.17, 15) is 5.11 Å². The zero-order valence-electron chi connectivity index (χ0n) is 14.7. The number of aliphatic hydroxyl groups excluding tert-OH is 1. The summed E-state index contributed by atoms with van der Waals surface area (Å²) in [5.74, 6) is 0. The molecule has 0 aliphatic carbocycles. The molecular formula is C21H28N2O. The van der Waals surface area contributed by atoms with Crippen molar-refractivity contribution in [3.05, 3.63) is 65.2 Å². The van der Waals surface area contributed by atoms with Crippen LogP contribution in [0.3, 0.4) is 0 Å². The summed E-state index contributed by atoms with van der Waals surface area (Å²) in [4.78, 5) is 2.36. The van der Waals surface area contributed by atoms with Gasteiger partial charge in [0.05, 0.1) is 6.10 Å². The number of anilines is 1. The summed E-state index contributed by atoms with van der Waals surface area (Å²) in [6, 6.07) is 17.7. The van der Waals surface area contributed by atoms with Crippen LogP contribution in [0.5, 0.6) is 0 Å². The minimum Gasteiger partial charge on any atom is -0.393 e. The molecule has 2 N–H and O–H groups in total. The Morgan fingerprint density at radius 2 is 1.75 bits per heavy atom. The lowest BCUT2D eigenvalue weighted by atomic mass is 10.0. The second-order valence-electron chi connectivity index (χ2n) is 6.84. The normalized spacial score (nSPS) is 17.0. The first-order valence-electron chi connectivity index (χ1n) is 8.94. The van der Waals surface area contributed by atoms with Gasteiger partial charge in [0.25, 0.3) is 0 Å². The summed E-state index contributed by atoms with van der Waals surface area (Å²) in [6.07, 6.45) is 1.62. The monoisotopic (exact) mass is 324 g/mol. The molecule has 3 nitrogen and oxygen atoms in total. The molecule has 1 aliphatic rings. The quantitative estimate of drug-likeness (QED) is 0.878. The standard InChI is InChI=1S/C21H28N2O/c1-16-5-3-4-6-19(16)15-22-17(2)18-7-9-20(10-8-18)23-13-11-21(24)12-14-23/h3-10,17,21-22,24H,11-15H2,1-2H3. The molecule has 1 saturated heterocycles. The van der Waals surface area contributed by atoms with Crippen molar-refractivity contribution in [3.8, 4) is 0 Å². The molecule has 24 heavy (non-hydrogen) atoms. The number of piperidine rings is 1. The predicted octanol–water partition coefficient (Wildman–Crippen LogP) is 3.81. The van der Waals surface area contributed by atoms with Crippen LogP contribution in [0.15, 0.2) is 48.5 Å². The van der Waals surface area contributed by atoms with E-state index in [4.69, 9.17) is 0 Å². The van der Waals surface area contributed by atoms with Crippen LogP contribution in [0.2, 0.25) is 0 Å². The Morgan fingerprint density at radius 1 is 1.08 bits per heavy atom. The van der Waals surface area contributed by atoms with Gasteiger partial charge in [-0.05, 0) is 55.5 Å². The van der Waals surface area contributed by atoms with E-state index < -0.39 is 0 Å². The molecule has 2 aromatic rings. The van der Waals surface area contributed by atoms with Crippen LogP contribution < -0.4 is 10.2 Å². The summed E-state index contributed by atoms with van der Waals surface area (Å²) in [7, 11) is 0. The van der Waals surface area contributed by atoms with Gasteiger partial charge in [-0.25, -0.2) is 0 Å². The second kappa shape index (κ2) is 7.82. The van der Waals surface area contributed by atoms with Crippen LogP contribution in [0.25, 0.3) is 0 Å². The fourth-order valence-electron chi connectivity index (χ4n) is 3.29. The van der Waals surface area contributed by atoms with Gasteiger partial charge in [-0.15, -0.1) is 0 Å². The van der Waals surface area contributed by atoms with Crippen LogP contribution in [-0.4, -0.2) is 24.3 Å². The van der Waals surface area contributed by atoms with Gasteiger partial charge in [-0.3, -0.25) is 0 Å². The largest absolute Gasteiger partial charge is 0.393 e. The Balaban J connectivity index is 1.57. The van der Waals surface area contributed by atoms with Crippen LogP contribution in [-0.2, 0) is 6.54 Å². The van der Waals surface area contributed by atoms with E-state index in [1.165, 1.54) is 22.4 Å². The molecular weight excluding hydrogens is 296 g/mol. The molecule has 2 aromatic carbocycles. The lowest BCUT2D eigenvalue weighted by Gasteiger charge is -2.31. The third kappa shape index (κ3) is 4.16. The van der Waals surface area contributed by atoms with Crippen molar-refractivity contribution in [1.82, 2.24) is 5.32 Å². The van der Waals surface area contributed by atoms with Gasteiger partial charge in [-0.2, -0.15) is 0 Å². The third-order valence-corrected chi connectivity index (χ3v) is 5.08. The van der Waals surface area contributed by atoms with Gasteiger partial charge in [0.2, 0.25) is 0 Å². The molecule has 3 heteroatoms. The molecule has 0 saturated carbocycles. The molecule has 1 unspecified atom stereocenters. The van der Waals surface area contributed by atoms with Crippen LogP contribution >= 0.6 is 0 Å². The van der Waals surface area contributed by atoms with Crippen molar-refractivity contribution < 1.29 is 5.11 Å². The second-order valence-corrected chi connectivity index (χ2v) is 6.84. The minimum atomic E-state index is -0.119. The van der Waals surface area contributed by atoms with Gasteiger partial charge in [-0.1, -0.05) is 36.4 Å². The van der Waals surface area contributed by atoms with Crippen LogP contribution in [0, 0.1) is 6.92 Å².